The summed E-state index contributed by atoms with van der Waals surface area (Å²) in [4.78, 5) is 1.16. The van der Waals surface area contributed by atoms with Crippen LogP contribution in [0.25, 0.3) is 0 Å². The standard InChI is InChI=1S/C14H17NS/c1-11-6-7-13(9-15)14(8-11)16-10-12-4-2-3-5-12/h6-8,12H,2-5,10H2,1H3. The van der Waals surface area contributed by atoms with E-state index in [0.29, 0.717) is 0 Å². The number of hydrogen-bond donors (Lipinski definition) is 0. The van der Waals surface area contributed by atoms with Crippen molar-refractivity contribution in [2.45, 2.75) is 37.5 Å². The van der Waals surface area contributed by atoms with Crippen molar-refractivity contribution in [2.24, 2.45) is 5.92 Å². The Kier molecular flexibility index (Phi) is 3.90. The van der Waals surface area contributed by atoms with Crippen LogP contribution in [0.2, 0.25) is 0 Å². The summed E-state index contributed by atoms with van der Waals surface area (Å²) < 4.78 is 0. The molecule has 0 spiro atoms. The molecule has 1 saturated carbocycles. The van der Waals surface area contributed by atoms with E-state index in [1.54, 1.807) is 0 Å². The Hall–Kier alpha value is -0.940. The lowest BCUT2D eigenvalue weighted by atomic mass is 10.1. The van der Waals surface area contributed by atoms with E-state index >= 15 is 0 Å². The van der Waals surface area contributed by atoms with Gasteiger partial charge in [0.25, 0.3) is 0 Å². The third-order valence-electron chi connectivity index (χ3n) is 3.21. The van der Waals surface area contributed by atoms with Crippen molar-refractivity contribution in [3.8, 4) is 6.07 Å². The van der Waals surface area contributed by atoms with E-state index in [1.165, 1.54) is 37.0 Å². The molecule has 1 nitrogen and oxygen atoms in total. The SMILES string of the molecule is Cc1ccc(C#N)c(SCC2CCCC2)c1. The number of nitriles is 1. The van der Waals surface area contributed by atoms with Gasteiger partial charge in [0.15, 0.2) is 0 Å². The van der Waals surface area contributed by atoms with Gasteiger partial charge in [0, 0.05) is 10.6 Å². The molecule has 0 atom stereocenters. The predicted molar refractivity (Wildman–Crippen MR) is 68.6 cm³/mol. The molecule has 84 valence electrons. The molecule has 0 N–H and O–H groups in total. The summed E-state index contributed by atoms with van der Waals surface area (Å²) in [6, 6.07) is 8.36. The number of thioether (sulfide) groups is 1. The summed E-state index contributed by atoms with van der Waals surface area (Å²) >= 11 is 1.86. The van der Waals surface area contributed by atoms with Crippen LogP contribution in [-0.4, -0.2) is 5.75 Å². The van der Waals surface area contributed by atoms with Gasteiger partial charge in [-0.3, -0.25) is 0 Å². The van der Waals surface area contributed by atoms with Gasteiger partial charge in [-0.2, -0.15) is 5.26 Å². The van der Waals surface area contributed by atoms with Crippen molar-refractivity contribution in [1.82, 2.24) is 0 Å². The molecule has 2 heteroatoms. The molecule has 16 heavy (non-hydrogen) atoms. The van der Waals surface area contributed by atoms with Crippen molar-refractivity contribution in [1.29, 1.82) is 5.26 Å². The summed E-state index contributed by atoms with van der Waals surface area (Å²) in [5.41, 5.74) is 2.07. The third-order valence-corrected chi connectivity index (χ3v) is 4.49. The lowest BCUT2D eigenvalue weighted by Gasteiger charge is -2.09. The van der Waals surface area contributed by atoms with Gasteiger partial charge in [-0.1, -0.05) is 18.9 Å². The highest BCUT2D eigenvalue weighted by Gasteiger charge is 2.15. The Morgan fingerprint density at radius 2 is 2.12 bits per heavy atom. The number of hydrogen-bond acceptors (Lipinski definition) is 2. The minimum atomic E-state index is 0.827. The molecule has 0 bridgehead atoms. The maximum atomic E-state index is 9.04. The second kappa shape index (κ2) is 5.41. The lowest BCUT2D eigenvalue weighted by Crippen LogP contribution is -1.97. The van der Waals surface area contributed by atoms with E-state index in [0.717, 1.165) is 16.4 Å². The van der Waals surface area contributed by atoms with Crippen LogP contribution in [0, 0.1) is 24.2 Å². The van der Waals surface area contributed by atoms with Crippen molar-refractivity contribution in [3.63, 3.8) is 0 Å². The first kappa shape index (κ1) is 11.5. The molecule has 1 fully saturated rings. The molecule has 1 aromatic carbocycles. The van der Waals surface area contributed by atoms with Crippen LogP contribution in [0.5, 0.6) is 0 Å². The highest BCUT2D eigenvalue weighted by molar-refractivity contribution is 7.99. The van der Waals surface area contributed by atoms with Crippen LogP contribution in [0.4, 0.5) is 0 Å². The largest absolute Gasteiger partial charge is 0.192 e. The van der Waals surface area contributed by atoms with E-state index in [1.807, 2.05) is 23.9 Å². The molecular weight excluding hydrogens is 214 g/mol. The van der Waals surface area contributed by atoms with Gasteiger partial charge in [0.2, 0.25) is 0 Å². The Morgan fingerprint density at radius 1 is 1.38 bits per heavy atom. The fourth-order valence-electron chi connectivity index (χ4n) is 2.23. The zero-order valence-electron chi connectivity index (χ0n) is 9.70. The summed E-state index contributed by atoms with van der Waals surface area (Å²) in [5.74, 6) is 2.05. The summed E-state index contributed by atoms with van der Waals surface area (Å²) in [5, 5.41) is 9.04. The van der Waals surface area contributed by atoms with Crippen LogP contribution < -0.4 is 0 Å². The molecule has 1 aliphatic rings. The Balaban J connectivity index is 2.02. The first-order valence-corrected chi connectivity index (χ1v) is 6.91. The zero-order chi connectivity index (χ0) is 11.4. The molecule has 1 aromatic rings. The molecule has 0 saturated heterocycles. The molecule has 0 aromatic heterocycles. The maximum absolute atomic E-state index is 9.04. The number of benzene rings is 1. The average molecular weight is 231 g/mol. The Labute approximate surface area is 102 Å². The number of nitrogens with zero attached hydrogens (tertiary/aromatic N) is 1. The van der Waals surface area contributed by atoms with E-state index in [2.05, 4.69) is 19.1 Å². The van der Waals surface area contributed by atoms with Crippen molar-refractivity contribution < 1.29 is 0 Å². The van der Waals surface area contributed by atoms with E-state index < -0.39 is 0 Å². The van der Waals surface area contributed by atoms with Crippen LogP contribution >= 0.6 is 11.8 Å². The molecule has 1 aliphatic carbocycles. The number of aryl methyl sites for hydroxylation is 1. The van der Waals surface area contributed by atoms with Gasteiger partial charge >= 0.3 is 0 Å². The fraction of sp³-hybridized carbons (Fsp3) is 0.500. The molecule has 0 radical (unpaired) electrons. The second-order valence-corrected chi connectivity index (χ2v) is 5.63. The van der Waals surface area contributed by atoms with Gasteiger partial charge in [-0.15, -0.1) is 11.8 Å². The minimum absolute atomic E-state index is 0.827. The molecule has 2 rings (SSSR count). The molecular formula is C14H17NS. The minimum Gasteiger partial charge on any atom is -0.192 e. The monoisotopic (exact) mass is 231 g/mol. The molecule has 0 unspecified atom stereocenters. The summed E-state index contributed by atoms with van der Waals surface area (Å²) in [6.45, 7) is 2.08. The van der Waals surface area contributed by atoms with Crippen LogP contribution in [0.1, 0.15) is 36.8 Å². The maximum Gasteiger partial charge on any atom is 0.100 e. The highest BCUT2D eigenvalue weighted by atomic mass is 32.2. The Bertz CT molecular complexity index is 400. The van der Waals surface area contributed by atoms with Crippen molar-refractivity contribution >= 4 is 11.8 Å². The van der Waals surface area contributed by atoms with E-state index in [9.17, 15) is 0 Å². The van der Waals surface area contributed by atoms with Gasteiger partial charge in [-0.05, 0) is 43.4 Å². The summed E-state index contributed by atoms with van der Waals surface area (Å²) in [6.07, 6.45) is 5.54. The average Bonchev–Trinajstić information content (AvgIpc) is 2.79. The van der Waals surface area contributed by atoms with Crippen molar-refractivity contribution in [2.75, 3.05) is 5.75 Å². The van der Waals surface area contributed by atoms with Gasteiger partial charge in [0.05, 0.1) is 5.56 Å². The topological polar surface area (TPSA) is 23.8 Å². The zero-order valence-corrected chi connectivity index (χ0v) is 10.5. The molecule has 0 aliphatic heterocycles. The third kappa shape index (κ3) is 2.80. The smallest absolute Gasteiger partial charge is 0.100 e. The van der Waals surface area contributed by atoms with Crippen LogP contribution in [-0.2, 0) is 0 Å². The fourth-order valence-corrected chi connectivity index (χ4v) is 3.51. The van der Waals surface area contributed by atoms with Gasteiger partial charge in [-0.25, -0.2) is 0 Å². The molecule has 0 heterocycles. The van der Waals surface area contributed by atoms with Crippen LogP contribution in [0.15, 0.2) is 23.1 Å². The van der Waals surface area contributed by atoms with Gasteiger partial charge in [0.1, 0.15) is 6.07 Å². The molecule has 0 amide bonds. The quantitative estimate of drug-likeness (QED) is 0.730. The van der Waals surface area contributed by atoms with Crippen molar-refractivity contribution in [3.05, 3.63) is 29.3 Å². The van der Waals surface area contributed by atoms with E-state index in [-0.39, 0.29) is 0 Å². The first-order chi connectivity index (χ1) is 7.79. The normalized spacial score (nSPS) is 16.2. The number of rotatable bonds is 3. The first-order valence-electron chi connectivity index (χ1n) is 5.93. The predicted octanol–water partition coefficient (Wildman–Crippen LogP) is 4.15. The lowest BCUT2D eigenvalue weighted by molar-refractivity contribution is 0.623. The Morgan fingerprint density at radius 3 is 2.81 bits per heavy atom. The van der Waals surface area contributed by atoms with E-state index in [4.69, 9.17) is 5.26 Å². The van der Waals surface area contributed by atoms with Gasteiger partial charge < -0.3 is 0 Å². The highest BCUT2D eigenvalue weighted by Crippen LogP contribution is 2.32. The second-order valence-electron chi connectivity index (χ2n) is 4.57. The summed E-state index contributed by atoms with van der Waals surface area (Å²) in [7, 11) is 0. The van der Waals surface area contributed by atoms with Crippen LogP contribution in [0.3, 0.4) is 0 Å².